The highest BCUT2D eigenvalue weighted by atomic mass is 35.5. The summed E-state index contributed by atoms with van der Waals surface area (Å²) in [5.41, 5.74) is 0. The van der Waals surface area contributed by atoms with Gasteiger partial charge in [-0.15, -0.1) is 0 Å². The molecule has 21 heavy (non-hydrogen) atoms. The van der Waals surface area contributed by atoms with Crippen molar-refractivity contribution in [3.05, 3.63) is 29.0 Å². The fraction of sp³-hybridized carbons (Fsp3) is 0.600. The molecule has 6 heteroatoms. The fourth-order valence-electron chi connectivity index (χ4n) is 3.00. The van der Waals surface area contributed by atoms with Crippen molar-refractivity contribution in [3.8, 4) is 0 Å². The van der Waals surface area contributed by atoms with Crippen LogP contribution in [-0.4, -0.2) is 26.3 Å². The summed E-state index contributed by atoms with van der Waals surface area (Å²) in [6.07, 6.45) is 2.48. The first kappa shape index (κ1) is 16.7. The maximum absolute atomic E-state index is 13.2. The highest BCUT2D eigenvalue weighted by Gasteiger charge is 2.38. The van der Waals surface area contributed by atoms with Gasteiger partial charge in [-0.3, -0.25) is 0 Å². The van der Waals surface area contributed by atoms with Crippen molar-refractivity contribution in [2.75, 3.05) is 6.54 Å². The first-order chi connectivity index (χ1) is 9.86. The van der Waals surface area contributed by atoms with E-state index in [4.69, 9.17) is 11.6 Å². The van der Waals surface area contributed by atoms with Crippen molar-refractivity contribution >= 4 is 21.4 Å². The van der Waals surface area contributed by atoms with Gasteiger partial charge in [0.25, 0.3) is 0 Å². The van der Waals surface area contributed by atoms with Crippen molar-refractivity contribution in [1.29, 1.82) is 0 Å². The number of rotatable bonds is 4. The van der Waals surface area contributed by atoms with Gasteiger partial charge in [0.05, 0.1) is 15.2 Å². The van der Waals surface area contributed by atoms with E-state index >= 15 is 0 Å². The van der Waals surface area contributed by atoms with Gasteiger partial charge in [0.1, 0.15) is 5.82 Å². The molecular weight excluding hydrogens is 313 g/mol. The second kappa shape index (κ2) is 6.63. The number of hydrogen-bond acceptors (Lipinski definition) is 3. The molecular formula is C15H21ClFNO2S. The number of nitrogens with one attached hydrogen (secondary N) is 1. The molecule has 1 fully saturated rings. The average molecular weight is 334 g/mol. The molecule has 0 aromatic heterocycles. The molecule has 1 N–H and O–H groups in total. The third-order valence-electron chi connectivity index (χ3n) is 4.14. The van der Waals surface area contributed by atoms with E-state index in [1.165, 1.54) is 12.1 Å². The normalized spacial score (nSPS) is 26.8. The summed E-state index contributed by atoms with van der Waals surface area (Å²) >= 11 is 5.73. The average Bonchev–Trinajstić information content (AvgIpc) is 2.44. The van der Waals surface area contributed by atoms with Gasteiger partial charge in [0.2, 0.25) is 0 Å². The lowest BCUT2D eigenvalue weighted by Gasteiger charge is -2.35. The van der Waals surface area contributed by atoms with Crippen molar-refractivity contribution in [2.45, 2.75) is 49.3 Å². The zero-order valence-electron chi connectivity index (χ0n) is 12.3. The lowest BCUT2D eigenvalue weighted by Crippen LogP contribution is -2.47. The Morgan fingerprint density at radius 1 is 1.38 bits per heavy atom. The van der Waals surface area contributed by atoms with Crippen LogP contribution in [0.3, 0.4) is 0 Å². The molecule has 3 unspecified atom stereocenters. The molecule has 2 rings (SSSR count). The maximum atomic E-state index is 13.2. The molecule has 0 bridgehead atoms. The first-order valence-electron chi connectivity index (χ1n) is 7.28. The highest BCUT2D eigenvalue weighted by Crippen LogP contribution is 2.33. The highest BCUT2D eigenvalue weighted by molar-refractivity contribution is 7.92. The summed E-state index contributed by atoms with van der Waals surface area (Å²) in [7, 11) is -3.52. The summed E-state index contributed by atoms with van der Waals surface area (Å²) in [4.78, 5) is 0.107. The molecule has 1 aromatic carbocycles. The monoisotopic (exact) mass is 333 g/mol. The quantitative estimate of drug-likeness (QED) is 0.859. The molecule has 1 aliphatic rings. The minimum absolute atomic E-state index is 0.0555. The lowest BCUT2D eigenvalue weighted by atomic mass is 9.87. The summed E-state index contributed by atoms with van der Waals surface area (Å²) in [5.74, 6) is -0.230. The van der Waals surface area contributed by atoms with Crippen LogP contribution in [0.2, 0.25) is 5.02 Å². The second-order valence-corrected chi connectivity index (χ2v) is 8.32. The van der Waals surface area contributed by atoms with E-state index in [9.17, 15) is 12.8 Å². The molecule has 1 saturated carbocycles. The number of benzene rings is 1. The minimum atomic E-state index is -3.52. The van der Waals surface area contributed by atoms with Crippen LogP contribution in [0, 0.1) is 11.7 Å². The Balaban J connectivity index is 2.36. The van der Waals surface area contributed by atoms with Crippen LogP contribution in [0.5, 0.6) is 0 Å². The Kier molecular flexibility index (Phi) is 5.28. The van der Waals surface area contributed by atoms with Crippen LogP contribution < -0.4 is 5.32 Å². The Morgan fingerprint density at radius 3 is 2.71 bits per heavy atom. The third-order valence-corrected chi connectivity index (χ3v) is 6.66. The zero-order chi connectivity index (χ0) is 15.6. The second-order valence-electron chi connectivity index (χ2n) is 5.74. The number of hydrogen-bond donors (Lipinski definition) is 1. The van der Waals surface area contributed by atoms with E-state index in [1.807, 2.05) is 6.92 Å². The van der Waals surface area contributed by atoms with Gasteiger partial charge in [-0.1, -0.05) is 25.4 Å². The van der Waals surface area contributed by atoms with Crippen LogP contribution in [0.1, 0.15) is 33.1 Å². The zero-order valence-corrected chi connectivity index (χ0v) is 13.8. The van der Waals surface area contributed by atoms with Gasteiger partial charge in [0, 0.05) is 6.04 Å². The topological polar surface area (TPSA) is 46.2 Å². The van der Waals surface area contributed by atoms with Crippen molar-refractivity contribution < 1.29 is 12.8 Å². The molecule has 1 aromatic rings. The fourth-order valence-corrected chi connectivity index (χ4v) is 5.38. The standard InChI is InChI=1S/C15H21ClFNO2S/c1-3-18-14-7-4-10(2)8-15(14)21(19,20)11-5-6-13(17)12(16)9-11/h5-6,9-10,14-15,18H,3-4,7-8H2,1-2H3. The van der Waals surface area contributed by atoms with E-state index in [1.54, 1.807) is 0 Å². The SMILES string of the molecule is CCNC1CCC(C)CC1S(=O)(=O)c1ccc(F)c(Cl)c1. The van der Waals surface area contributed by atoms with Gasteiger partial charge in [0.15, 0.2) is 9.84 Å². The Morgan fingerprint density at radius 2 is 2.10 bits per heavy atom. The molecule has 0 heterocycles. The van der Waals surface area contributed by atoms with E-state index < -0.39 is 20.9 Å². The van der Waals surface area contributed by atoms with E-state index in [2.05, 4.69) is 12.2 Å². The van der Waals surface area contributed by atoms with Crippen molar-refractivity contribution in [2.24, 2.45) is 5.92 Å². The molecule has 1 aliphatic carbocycles. The molecule has 3 nitrogen and oxygen atoms in total. The summed E-state index contributed by atoms with van der Waals surface area (Å²) < 4.78 is 39.0. The van der Waals surface area contributed by atoms with Crippen LogP contribution in [0.25, 0.3) is 0 Å². The molecule has 0 saturated heterocycles. The van der Waals surface area contributed by atoms with Crippen LogP contribution in [0.4, 0.5) is 4.39 Å². The predicted octanol–water partition coefficient (Wildman–Crippen LogP) is 3.42. The van der Waals surface area contributed by atoms with Gasteiger partial charge >= 0.3 is 0 Å². The van der Waals surface area contributed by atoms with E-state index in [-0.39, 0.29) is 16.0 Å². The summed E-state index contributed by atoms with van der Waals surface area (Å²) in [5, 5.41) is 2.63. The Labute approximate surface area is 130 Å². The summed E-state index contributed by atoms with van der Waals surface area (Å²) in [6, 6.07) is 3.58. The van der Waals surface area contributed by atoms with Gasteiger partial charge in [-0.2, -0.15) is 0 Å². The van der Waals surface area contributed by atoms with Crippen LogP contribution >= 0.6 is 11.6 Å². The van der Waals surface area contributed by atoms with Crippen LogP contribution in [0.15, 0.2) is 23.1 Å². The van der Waals surface area contributed by atoms with Gasteiger partial charge < -0.3 is 5.32 Å². The summed E-state index contributed by atoms with van der Waals surface area (Å²) in [6.45, 7) is 4.77. The smallest absolute Gasteiger partial charge is 0.182 e. The molecule has 0 spiro atoms. The van der Waals surface area contributed by atoms with Crippen molar-refractivity contribution in [3.63, 3.8) is 0 Å². The maximum Gasteiger partial charge on any atom is 0.182 e. The van der Waals surface area contributed by atoms with Crippen molar-refractivity contribution in [1.82, 2.24) is 5.32 Å². The number of halogens is 2. The first-order valence-corrected chi connectivity index (χ1v) is 9.21. The Bertz CT molecular complexity index is 606. The van der Waals surface area contributed by atoms with Gasteiger partial charge in [-0.05, 0) is 49.9 Å². The lowest BCUT2D eigenvalue weighted by molar-refractivity contribution is 0.311. The van der Waals surface area contributed by atoms with Gasteiger partial charge in [-0.25, -0.2) is 12.8 Å². The third kappa shape index (κ3) is 3.58. The molecule has 3 atom stereocenters. The Hall–Kier alpha value is -0.650. The predicted molar refractivity (Wildman–Crippen MR) is 82.9 cm³/mol. The molecule has 0 radical (unpaired) electrons. The van der Waals surface area contributed by atoms with Crippen LogP contribution in [-0.2, 0) is 9.84 Å². The molecule has 0 aliphatic heterocycles. The molecule has 118 valence electrons. The van der Waals surface area contributed by atoms with E-state index in [0.717, 1.165) is 25.5 Å². The van der Waals surface area contributed by atoms with E-state index in [0.29, 0.717) is 12.3 Å². The largest absolute Gasteiger partial charge is 0.313 e. The minimum Gasteiger partial charge on any atom is -0.313 e. The number of sulfone groups is 1. The molecule has 0 amide bonds.